The van der Waals surface area contributed by atoms with Crippen LogP contribution >= 0.6 is 0 Å². The van der Waals surface area contributed by atoms with Crippen LogP contribution in [0.5, 0.6) is 0 Å². The molecule has 0 bridgehead atoms. The Hall–Kier alpha value is -3.34. The summed E-state index contributed by atoms with van der Waals surface area (Å²) in [6, 6.07) is 22.5. The van der Waals surface area contributed by atoms with E-state index < -0.39 is 6.04 Å². The molecule has 25 heavy (non-hydrogen) atoms. The van der Waals surface area contributed by atoms with Crippen molar-refractivity contribution in [1.82, 2.24) is 0 Å². The van der Waals surface area contributed by atoms with E-state index in [2.05, 4.69) is 15.3 Å². The molecule has 3 aromatic carbocycles. The molecule has 0 aliphatic carbocycles. The number of para-hydroxylation sites is 1. The first-order valence-corrected chi connectivity index (χ1v) is 8.07. The summed E-state index contributed by atoms with van der Waals surface area (Å²) in [4.78, 5) is 12.7. The second-order valence-electron chi connectivity index (χ2n) is 5.84. The number of amides is 1. The van der Waals surface area contributed by atoms with Gasteiger partial charge in [0, 0.05) is 5.39 Å². The van der Waals surface area contributed by atoms with Gasteiger partial charge < -0.3 is 0 Å². The lowest BCUT2D eigenvalue weighted by molar-refractivity contribution is -0.117. The fourth-order valence-corrected chi connectivity index (χ4v) is 2.86. The molecule has 4 rings (SSSR count). The van der Waals surface area contributed by atoms with E-state index in [1.807, 2.05) is 72.8 Å². The molecule has 5 heteroatoms. The average Bonchev–Trinajstić information content (AvgIpc) is 2.94. The number of hydrogen-bond acceptors (Lipinski definition) is 4. The predicted molar refractivity (Wildman–Crippen MR) is 99.3 cm³/mol. The minimum Gasteiger partial charge on any atom is -0.269 e. The Labute approximate surface area is 145 Å². The van der Waals surface area contributed by atoms with Gasteiger partial charge in [0.25, 0.3) is 5.91 Å². The first-order valence-electron chi connectivity index (χ1n) is 8.07. The zero-order valence-corrected chi connectivity index (χ0v) is 13.7. The summed E-state index contributed by atoms with van der Waals surface area (Å²) in [5.41, 5.74) is 2.12. The molecular formula is C20H16N4O. The summed E-state index contributed by atoms with van der Waals surface area (Å²) in [5.74, 6) is -0.187. The molecule has 0 N–H and O–H groups in total. The summed E-state index contributed by atoms with van der Waals surface area (Å²) in [6.07, 6.45) is 0. The van der Waals surface area contributed by atoms with Crippen molar-refractivity contribution in [2.75, 3.05) is 5.01 Å². The van der Waals surface area contributed by atoms with Crippen LogP contribution < -0.4 is 5.01 Å². The third-order valence-electron chi connectivity index (χ3n) is 4.14. The highest BCUT2D eigenvalue weighted by Crippen LogP contribution is 2.27. The average molecular weight is 328 g/mol. The van der Waals surface area contributed by atoms with Crippen molar-refractivity contribution in [1.29, 1.82) is 0 Å². The molecule has 122 valence electrons. The maximum Gasteiger partial charge on any atom is 0.280 e. The van der Waals surface area contributed by atoms with Crippen molar-refractivity contribution in [2.24, 2.45) is 15.3 Å². The fourth-order valence-electron chi connectivity index (χ4n) is 2.86. The lowest BCUT2D eigenvalue weighted by Crippen LogP contribution is -2.29. The molecule has 0 saturated carbocycles. The number of azo groups is 1. The van der Waals surface area contributed by atoms with Gasteiger partial charge in [-0.2, -0.15) is 20.3 Å². The summed E-state index contributed by atoms with van der Waals surface area (Å²) in [7, 11) is 0. The number of anilines is 1. The van der Waals surface area contributed by atoms with Gasteiger partial charge in [-0.15, -0.1) is 0 Å². The first-order chi connectivity index (χ1) is 12.2. The van der Waals surface area contributed by atoms with E-state index in [9.17, 15) is 4.79 Å². The molecular weight excluding hydrogens is 312 g/mol. The zero-order valence-electron chi connectivity index (χ0n) is 13.7. The molecule has 0 fully saturated rings. The number of rotatable bonds is 3. The Morgan fingerprint density at radius 2 is 1.64 bits per heavy atom. The summed E-state index contributed by atoms with van der Waals surface area (Å²) >= 11 is 0. The molecule has 0 aromatic heterocycles. The number of carbonyl (C=O) groups excluding carboxylic acids is 1. The third-order valence-corrected chi connectivity index (χ3v) is 4.14. The number of hydrogen-bond donors (Lipinski definition) is 0. The molecule has 5 nitrogen and oxygen atoms in total. The van der Waals surface area contributed by atoms with Crippen molar-refractivity contribution in [3.8, 4) is 0 Å². The van der Waals surface area contributed by atoms with Crippen molar-refractivity contribution >= 4 is 33.8 Å². The van der Waals surface area contributed by atoms with Crippen molar-refractivity contribution in [3.63, 3.8) is 0 Å². The lowest BCUT2D eigenvalue weighted by atomic mass is 10.1. The number of carbonyl (C=O) groups is 1. The Morgan fingerprint density at radius 3 is 2.48 bits per heavy atom. The number of fused-ring (bicyclic) bond motifs is 1. The molecule has 0 saturated heterocycles. The van der Waals surface area contributed by atoms with Crippen LogP contribution in [0.3, 0.4) is 0 Å². The van der Waals surface area contributed by atoms with Gasteiger partial charge in [-0.05, 0) is 30.5 Å². The van der Waals surface area contributed by atoms with E-state index >= 15 is 0 Å². The van der Waals surface area contributed by atoms with Gasteiger partial charge in [-0.25, -0.2) is 0 Å². The Bertz CT molecular complexity index is 990. The highest BCUT2D eigenvalue weighted by molar-refractivity contribution is 6.18. The van der Waals surface area contributed by atoms with Gasteiger partial charge in [0.1, 0.15) is 0 Å². The van der Waals surface area contributed by atoms with E-state index in [1.54, 1.807) is 6.92 Å². The van der Waals surface area contributed by atoms with Crippen LogP contribution in [-0.2, 0) is 4.79 Å². The van der Waals surface area contributed by atoms with Gasteiger partial charge >= 0.3 is 0 Å². The maximum atomic E-state index is 12.7. The Morgan fingerprint density at radius 1 is 0.920 bits per heavy atom. The summed E-state index contributed by atoms with van der Waals surface area (Å²) < 4.78 is 0. The normalized spacial score (nSPS) is 17.5. The molecule has 1 amide bonds. The van der Waals surface area contributed by atoms with Crippen LogP contribution in [0.1, 0.15) is 6.92 Å². The van der Waals surface area contributed by atoms with Crippen molar-refractivity contribution < 1.29 is 4.79 Å². The van der Waals surface area contributed by atoms with Gasteiger partial charge in [0.2, 0.25) is 0 Å². The second kappa shape index (κ2) is 6.28. The Balaban J connectivity index is 1.64. The van der Waals surface area contributed by atoms with Crippen LogP contribution in [0.15, 0.2) is 88.1 Å². The smallest absolute Gasteiger partial charge is 0.269 e. The van der Waals surface area contributed by atoms with E-state index in [0.29, 0.717) is 5.71 Å². The monoisotopic (exact) mass is 328 g/mol. The topological polar surface area (TPSA) is 57.4 Å². The van der Waals surface area contributed by atoms with E-state index in [0.717, 1.165) is 22.1 Å². The molecule has 1 heterocycles. The molecule has 1 aliphatic heterocycles. The van der Waals surface area contributed by atoms with E-state index in [1.165, 1.54) is 5.01 Å². The molecule has 1 unspecified atom stereocenters. The molecule has 3 aromatic rings. The molecule has 0 spiro atoms. The van der Waals surface area contributed by atoms with Crippen molar-refractivity contribution in [2.45, 2.75) is 13.0 Å². The number of benzene rings is 3. The van der Waals surface area contributed by atoms with Crippen LogP contribution in [0.2, 0.25) is 0 Å². The fraction of sp³-hybridized carbons (Fsp3) is 0.100. The quantitative estimate of drug-likeness (QED) is 0.642. The van der Waals surface area contributed by atoms with Crippen LogP contribution in [0.4, 0.5) is 11.4 Å². The van der Waals surface area contributed by atoms with Gasteiger partial charge in [0.15, 0.2) is 6.04 Å². The largest absolute Gasteiger partial charge is 0.280 e. The predicted octanol–water partition coefficient (Wildman–Crippen LogP) is 4.71. The first kappa shape index (κ1) is 15.2. The second-order valence-corrected chi connectivity index (χ2v) is 5.84. The van der Waals surface area contributed by atoms with E-state index in [-0.39, 0.29) is 5.91 Å². The third kappa shape index (κ3) is 2.80. The number of nitrogens with zero attached hydrogens (tertiary/aromatic N) is 4. The molecule has 1 aliphatic rings. The lowest BCUT2D eigenvalue weighted by Gasteiger charge is -2.11. The summed E-state index contributed by atoms with van der Waals surface area (Å²) in [6.45, 7) is 1.80. The summed E-state index contributed by atoms with van der Waals surface area (Å²) in [5, 5.41) is 16.5. The Kier molecular flexibility index (Phi) is 3.82. The highest BCUT2D eigenvalue weighted by atomic mass is 16.2. The minimum atomic E-state index is -0.681. The van der Waals surface area contributed by atoms with Crippen molar-refractivity contribution in [3.05, 3.63) is 72.8 Å². The van der Waals surface area contributed by atoms with Gasteiger partial charge in [0.05, 0.1) is 17.1 Å². The highest BCUT2D eigenvalue weighted by Gasteiger charge is 2.34. The SMILES string of the molecule is CC1=NN(c2ccccc2)C(=O)C1N=Nc1cccc2ccccc12. The van der Waals surface area contributed by atoms with Crippen LogP contribution in [0.25, 0.3) is 10.8 Å². The van der Waals surface area contributed by atoms with Crippen LogP contribution in [0, 0.1) is 0 Å². The number of hydrazone groups is 1. The maximum absolute atomic E-state index is 12.7. The van der Waals surface area contributed by atoms with Gasteiger partial charge in [-0.3, -0.25) is 4.79 Å². The van der Waals surface area contributed by atoms with Gasteiger partial charge in [-0.1, -0.05) is 54.6 Å². The van der Waals surface area contributed by atoms with Crippen LogP contribution in [-0.4, -0.2) is 17.7 Å². The molecule has 0 radical (unpaired) electrons. The standard InChI is InChI=1S/C20H16N4O/c1-14-19(20(25)24(23-14)16-10-3-2-4-11-16)22-21-18-13-7-9-15-8-5-6-12-17(15)18/h2-13,19H,1H3. The minimum absolute atomic E-state index is 0.187. The van der Waals surface area contributed by atoms with E-state index in [4.69, 9.17) is 0 Å². The zero-order chi connectivity index (χ0) is 17.2. The molecule has 1 atom stereocenters.